The molecule has 3 rings (SSSR count). The van der Waals surface area contributed by atoms with Gasteiger partial charge in [0, 0.05) is 11.5 Å². The van der Waals surface area contributed by atoms with E-state index in [2.05, 4.69) is 17.3 Å². The summed E-state index contributed by atoms with van der Waals surface area (Å²) in [6.07, 6.45) is 5.99. The van der Waals surface area contributed by atoms with E-state index < -0.39 is 0 Å². The molecule has 0 bridgehead atoms. The van der Waals surface area contributed by atoms with Gasteiger partial charge in [0.05, 0.1) is 22.8 Å². The summed E-state index contributed by atoms with van der Waals surface area (Å²) in [7, 11) is 0. The molecule has 100 valence electrons. The number of hydrazine groups is 1. The van der Waals surface area contributed by atoms with Gasteiger partial charge in [-0.1, -0.05) is 0 Å². The molecule has 2 aliphatic rings. The predicted octanol–water partition coefficient (Wildman–Crippen LogP) is 2.31. The van der Waals surface area contributed by atoms with Gasteiger partial charge < -0.3 is 4.74 Å². The van der Waals surface area contributed by atoms with Crippen LogP contribution in [0.5, 0.6) is 0 Å². The van der Waals surface area contributed by atoms with Gasteiger partial charge in [-0.2, -0.15) is 0 Å². The lowest BCUT2D eigenvalue weighted by atomic mass is 9.70. The van der Waals surface area contributed by atoms with E-state index in [0.717, 1.165) is 25.1 Å². The smallest absolute Gasteiger partial charge is 0.0798 e. The Labute approximate surface area is 112 Å². The van der Waals surface area contributed by atoms with Gasteiger partial charge in [0.25, 0.3) is 0 Å². The van der Waals surface area contributed by atoms with Crippen molar-refractivity contribution in [1.29, 1.82) is 0 Å². The lowest BCUT2D eigenvalue weighted by molar-refractivity contribution is -0.147. The van der Waals surface area contributed by atoms with E-state index in [-0.39, 0.29) is 11.6 Å². The number of ether oxygens (including phenoxy) is 1. The molecule has 2 heterocycles. The molecule has 1 saturated carbocycles. The fourth-order valence-corrected chi connectivity index (χ4v) is 4.26. The number of nitrogens with two attached hydrogens (primary N) is 1. The van der Waals surface area contributed by atoms with Gasteiger partial charge in [0.15, 0.2) is 0 Å². The van der Waals surface area contributed by atoms with Gasteiger partial charge in [-0.05, 0) is 44.9 Å². The lowest BCUT2D eigenvalue weighted by Crippen LogP contribution is -2.48. The van der Waals surface area contributed by atoms with Gasteiger partial charge in [0.1, 0.15) is 0 Å². The van der Waals surface area contributed by atoms with Crippen molar-refractivity contribution in [2.24, 2.45) is 11.8 Å². The minimum Gasteiger partial charge on any atom is -0.375 e. The van der Waals surface area contributed by atoms with Crippen LogP contribution in [-0.2, 0) is 4.74 Å². The van der Waals surface area contributed by atoms with Gasteiger partial charge in [0.2, 0.25) is 0 Å². The lowest BCUT2D eigenvalue weighted by Gasteiger charge is -2.48. The van der Waals surface area contributed by atoms with E-state index in [1.165, 1.54) is 24.1 Å². The van der Waals surface area contributed by atoms with Crippen molar-refractivity contribution < 1.29 is 4.74 Å². The van der Waals surface area contributed by atoms with Crippen molar-refractivity contribution in [2.45, 2.75) is 50.7 Å². The third kappa shape index (κ3) is 2.09. The number of nitrogens with zero attached hydrogens (tertiary/aromatic N) is 1. The maximum atomic E-state index is 5.99. The predicted molar refractivity (Wildman–Crippen MR) is 72.2 cm³/mol. The molecule has 5 heteroatoms. The molecule has 1 saturated heterocycles. The first-order chi connectivity index (χ1) is 8.74. The Balaban J connectivity index is 1.77. The summed E-state index contributed by atoms with van der Waals surface area (Å²) in [5.41, 5.74) is 6.21. The van der Waals surface area contributed by atoms with Crippen LogP contribution in [0.15, 0.2) is 5.51 Å². The average molecular weight is 267 g/mol. The summed E-state index contributed by atoms with van der Waals surface area (Å²) >= 11 is 1.71. The first kappa shape index (κ1) is 12.5. The minimum absolute atomic E-state index is 0.177. The molecule has 2 atom stereocenters. The third-order valence-corrected chi connectivity index (χ3v) is 5.53. The average Bonchev–Trinajstić information content (AvgIpc) is 2.75. The third-order valence-electron chi connectivity index (χ3n) is 4.51. The standard InChI is InChI=1S/C13H21N3OS/c1-9-12(18-8-15-9)11(16-14)10-3-6-17-13(7-10)4-2-5-13/h8,10-11,16H,2-7,14H2,1H3. The minimum atomic E-state index is 0.177. The van der Waals surface area contributed by atoms with E-state index >= 15 is 0 Å². The fraction of sp³-hybridized carbons (Fsp3) is 0.769. The van der Waals surface area contributed by atoms with E-state index in [0.29, 0.717) is 5.92 Å². The Morgan fingerprint density at radius 3 is 3.00 bits per heavy atom. The highest BCUT2D eigenvalue weighted by atomic mass is 32.1. The molecule has 1 aromatic heterocycles. The molecule has 0 amide bonds. The molecule has 1 aliphatic carbocycles. The molecule has 0 aromatic carbocycles. The number of aromatic nitrogens is 1. The van der Waals surface area contributed by atoms with Crippen LogP contribution in [0.3, 0.4) is 0 Å². The van der Waals surface area contributed by atoms with Crippen LogP contribution in [-0.4, -0.2) is 17.2 Å². The summed E-state index contributed by atoms with van der Waals surface area (Å²) in [6, 6.07) is 0.235. The number of nitrogens with one attached hydrogen (secondary N) is 1. The fourth-order valence-electron chi connectivity index (χ4n) is 3.31. The van der Waals surface area contributed by atoms with E-state index in [1.54, 1.807) is 11.3 Å². The monoisotopic (exact) mass is 267 g/mol. The Morgan fingerprint density at radius 2 is 2.44 bits per heavy atom. The largest absolute Gasteiger partial charge is 0.375 e. The first-order valence-corrected chi connectivity index (χ1v) is 7.62. The molecule has 18 heavy (non-hydrogen) atoms. The van der Waals surface area contributed by atoms with Gasteiger partial charge in [-0.3, -0.25) is 11.3 Å². The second kappa shape index (κ2) is 4.89. The summed E-state index contributed by atoms with van der Waals surface area (Å²) in [5, 5.41) is 0. The molecule has 1 spiro atoms. The molecule has 1 aromatic rings. The van der Waals surface area contributed by atoms with E-state index in [4.69, 9.17) is 10.6 Å². The highest BCUT2D eigenvalue weighted by molar-refractivity contribution is 7.09. The van der Waals surface area contributed by atoms with Crippen LogP contribution >= 0.6 is 11.3 Å². The normalized spacial score (nSPS) is 28.0. The van der Waals surface area contributed by atoms with Gasteiger partial charge >= 0.3 is 0 Å². The van der Waals surface area contributed by atoms with E-state index in [9.17, 15) is 0 Å². The first-order valence-electron chi connectivity index (χ1n) is 6.74. The maximum Gasteiger partial charge on any atom is 0.0798 e. The SMILES string of the molecule is Cc1ncsc1C(NN)C1CCOC2(CCC2)C1. The summed E-state index contributed by atoms with van der Waals surface area (Å²) in [5.74, 6) is 6.37. The molecule has 0 radical (unpaired) electrons. The Morgan fingerprint density at radius 1 is 1.61 bits per heavy atom. The Bertz CT molecular complexity index is 416. The molecule has 2 unspecified atom stereocenters. The van der Waals surface area contributed by atoms with Crippen molar-refractivity contribution >= 4 is 11.3 Å². The Hall–Kier alpha value is -0.490. The summed E-state index contributed by atoms with van der Waals surface area (Å²) in [4.78, 5) is 5.63. The number of hydrogen-bond donors (Lipinski definition) is 2. The second-order valence-corrected chi connectivity index (χ2v) is 6.47. The van der Waals surface area contributed by atoms with Crippen molar-refractivity contribution in [2.75, 3.05) is 6.61 Å². The van der Waals surface area contributed by atoms with Crippen LogP contribution < -0.4 is 11.3 Å². The molecular formula is C13H21N3OS. The molecule has 3 N–H and O–H groups in total. The van der Waals surface area contributed by atoms with Crippen LogP contribution in [0.1, 0.15) is 48.7 Å². The topological polar surface area (TPSA) is 60.2 Å². The van der Waals surface area contributed by atoms with Gasteiger partial charge in [-0.25, -0.2) is 4.98 Å². The van der Waals surface area contributed by atoms with Crippen molar-refractivity contribution in [3.63, 3.8) is 0 Å². The van der Waals surface area contributed by atoms with Crippen molar-refractivity contribution in [3.8, 4) is 0 Å². The zero-order chi connectivity index (χ0) is 12.6. The van der Waals surface area contributed by atoms with Crippen LogP contribution in [0.2, 0.25) is 0 Å². The summed E-state index contributed by atoms with van der Waals surface area (Å²) < 4.78 is 5.99. The maximum absolute atomic E-state index is 5.99. The van der Waals surface area contributed by atoms with Crippen molar-refractivity contribution in [1.82, 2.24) is 10.4 Å². The quantitative estimate of drug-likeness (QED) is 0.651. The van der Waals surface area contributed by atoms with Crippen molar-refractivity contribution in [3.05, 3.63) is 16.1 Å². The number of thiazole rings is 1. The van der Waals surface area contributed by atoms with Crippen LogP contribution in [0.25, 0.3) is 0 Å². The number of hydrogen-bond acceptors (Lipinski definition) is 5. The molecule has 2 fully saturated rings. The zero-order valence-electron chi connectivity index (χ0n) is 10.8. The number of rotatable bonds is 3. The van der Waals surface area contributed by atoms with E-state index in [1.807, 2.05) is 5.51 Å². The zero-order valence-corrected chi connectivity index (χ0v) is 11.6. The Kier molecular flexibility index (Phi) is 3.40. The highest BCUT2D eigenvalue weighted by Crippen LogP contribution is 2.47. The molecular weight excluding hydrogens is 246 g/mol. The van der Waals surface area contributed by atoms with Crippen LogP contribution in [0, 0.1) is 12.8 Å². The van der Waals surface area contributed by atoms with Crippen LogP contribution in [0.4, 0.5) is 0 Å². The summed E-state index contributed by atoms with van der Waals surface area (Å²) in [6.45, 7) is 2.94. The van der Waals surface area contributed by atoms with Gasteiger partial charge in [-0.15, -0.1) is 11.3 Å². The second-order valence-electron chi connectivity index (χ2n) is 5.58. The number of aryl methyl sites for hydroxylation is 1. The molecule has 1 aliphatic heterocycles. The highest BCUT2D eigenvalue weighted by Gasteiger charge is 2.44. The molecule has 4 nitrogen and oxygen atoms in total.